The molecule has 3 rings (SSSR count). The molecule has 1 N–H and O–H groups in total. The predicted molar refractivity (Wildman–Crippen MR) is 105 cm³/mol. The van der Waals surface area contributed by atoms with Crippen molar-refractivity contribution >= 4 is 29.0 Å². The molecule has 1 amide bonds. The Bertz CT molecular complexity index is 893. The van der Waals surface area contributed by atoms with Gasteiger partial charge < -0.3 is 10.1 Å². The van der Waals surface area contributed by atoms with Gasteiger partial charge in [-0.05, 0) is 43.3 Å². The van der Waals surface area contributed by atoms with Gasteiger partial charge in [-0.2, -0.15) is 0 Å². The maximum absolute atomic E-state index is 11.3. The van der Waals surface area contributed by atoms with Crippen LogP contribution in [0.3, 0.4) is 0 Å². The molecule has 0 saturated carbocycles. The molecule has 0 aliphatic carbocycles. The average Bonchev–Trinajstić information content (AvgIpc) is 3.08. The van der Waals surface area contributed by atoms with E-state index in [4.69, 9.17) is 4.74 Å². The number of thiazole rings is 1. The van der Waals surface area contributed by atoms with Gasteiger partial charge in [-0.25, -0.2) is 4.98 Å². The van der Waals surface area contributed by atoms with E-state index in [9.17, 15) is 4.79 Å². The van der Waals surface area contributed by atoms with Crippen molar-refractivity contribution in [1.82, 2.24) is 20.5 Å². The van der Waals surface area contributed by atoms with Crippen molar-refractivity contribution in [3.05, 3.63) is 42.1 Å². The van der Waals surface area contributed by atoms with Crippen LogP contribution in [0.4, 0.5) is 0 Å². The fourth-order valence-electron chi connectivity index (χ4n) is 2.22. The van der Waals surface area contributed by atoms with Crippen LogP contribution in [0.15, 0.2) is 41.4 Å². The van der Waals surface area contributed by atoms with Crippen molar-refractivity contribution < 1.29 is 9.53 Å². The normalized spacial score (nSPS) is 10.6. The Morgan fingerprint density at radius 2 is 1.96 bits per heavy atom. The van der Waals surface area contributed by atoms with Gasteiger partial charge in [0.25, 0.3) is 0 Å². The maximum atomic E-state index is 11.3. The molecular formula is C18H18N4O2S2. The summed E-state index contributed by atoms with van der Waals surface area (Å²) >= 11 is 2.94. The first-order valence-corrected chi connectivity index (χ1v) is 9.70. The van der Waals surface area contributed by atoms with Crippen LogP contribution < -0.4 is 10.1 Å². The summed E-state index contributed by atoms with van der Waals surface area (Å²) in [6.07, 6.45) is 0. The minimum atomic E-state index is -0.0386. The SMILES string of the molecule is CNC(=O)CSc1ccc(-c2sc(-c3ccc(OC)cc3)nc2C)nn1. The van der Waals surface area contributed by atoms with Gasteiger partial charge in [-0.1, -0.05) is 11.8 Å². The average molecular weight is 387 g/mol. The van der Waals surface area contributed by atoms with Crippen LogP contribution in [-0.4, -0.2) is 41.0 Å². The van der Waals surface area contributed by atoms with Gasteiger partial charge in [0.2, 0.25) is 5.91 Å². The fraction of sp³-hybridized carbons (Fsp3) is 0.222. The summed E-state index contributed by atoms with van der Waals surface area (Å²) in [5.41, 5.74) is 2.74. The molecule has 2 heterocycles. The Hall–Kier alpha value is -2.45. The first-order chi connectivity index (χ1) is 12.6. The topological polar surface area (TPSA) is 77.0 Å². The number of amides is 1. The molecular weight excluding hydrogens is 368 g/mol. The van der Waals surface area contributed by atoms with Gasteiger partial charge in [0.1, 0.15) is 21.5 Å². The molecule has 0 bridgehead atoms. The van der Waals surface area contributed by atoms with E-state index in [0.29, 0.717) is 5.75 Å². The first kappa shape index (κ1) is 18.3. The third kappa shape index (κ3) is 4.20. The lowest BCUT2D eigenvalue weighted by Crippen LogP contribution is -2.19. The number of thioether (sulfide) groups is 1. The van der Waals surface area contributed by atoms with Crippen LogP contribution in [0, 0.1) is 6.92 Å². The highest BCUT2D eigenvalue weighted by molar-refractivity contribution is 7.99. The monoisotopic (exact) mass is 386 g/mol. The highest BCUT2D eigenvalue weighted by Gasteiger charge is 2.13. The van der Waals surface area contributed by atoms with Crippen molar-refractivity contribution in [3.63, 3.8) is 0 Å². The van der Waals surface area contributed by atoms with E-state index in [1.165, 1.54) is 11.8 Å². The molecule has 1 aromatic carbocycles. The lowest BCUT2D eigenvalue weighted by Gasteiger charge is -2.01. The number of carbonyl (C=O) groups excluding carboxylic acids is 1. The fourth-order valence-corrected chi connectivity index (χ4v) is 3.94. The van der Waals surface area contributed by atoms with E-state index >= 15 is 0 Å². The molecule has 0 aliphatic heterocycles. The molecule has 0 radical (unpaired) electrons. The van der Waals surface area contributed by atoms with E-state index in [0.717, 1.165) is 37.6 Å². The highest BCUT2D eigenvalue weighted by atomic mass is 32.2. The smallest absolute Gasteiger partial charge is 0.230 e. The summed E-state index contributed by atoms with van der Waals surface area (Å²) in [5.74, 6) is 1.10. The van der Waals surface area contributed by atoms with E-state index in [2.05, 4.69) is 20.5 Å². The van der Waals surface area contributed by atoms with Gasteiger partial charge >= 0.3 is 0 Å². The van der Waals surface area contributed by atoms with Crippen molar-refractivity contribution in [1.29, 1.82) is 0 Å². The lowest BCUT2D eigenvalue weighted by molar-refractivity contribution is -0.118. The quantitative estimate of drug-likeness (QED) is 0.654. The number of benzene rings is 1. The molecule has 26 heavy (non-hydrogen) atoms. The summed E-state index contributed by atoms with van der Waals surface area (Å²) in [6.45, 7) is 1.97. The van der Waals surface area contributed by atoms with Gasteiger partial charge in [0, 0.05) is 12.6 Å². The third-order valence-electron chi connectivity index (χ3n) is 3.64. The molecule has 0 fully saturated rings. The number of ether oxygens (including phenoxy) is 1. The number of aromatic nitrogens is 3. The van der Waals surface area contributed by atoms with Crippen LogP contribution in [0.25, 0.3) is 21.1 Å². The number of methoxy groups -OCH3 is 1. The van der Waals surface area contributed by atoms with Crippen LogP contribution in [0.2, 0.25) is 0 Å². The minimum absolute atomic E-state index is 0.0386. The zero-order chi connectivity index (χ0) is 18.5. The van der Waals surface area contributed by atoms with Crippen molar-refractivity contribution in [2.24, 2.45) is 0 Å². The van der Waals surface area contributed by atoms with Crippen LogP contribution >= 0.6 is 23.1 Å². The van der Waals surface area contributed by atoms with Gasteiger partial charge in [-0.15, -0.1) is 21.5 Å². The summed E-state index contributed by atoms with van der Waals surface area (Å²) in [5, 5.41) is 12.7. The minimum Gasteiger partial charge on any atom is -0.497 e. The zero-order valence-corrected chi connectivity index (χ0v) is 16.3. The molecule has 0 spiro atoms. The molecule has 8 heteroatoms. The maximum Gasteiger partial charge on any atom is 0.230 e. The predicted octanol–water partition coefficient (Wildman–Crippen LogP) is 3.42. The number of carbonyl (C=O) groups is 1. The molecule has 134 valence electrons. The summed E-state index contributed by atoms with van der Waals surface area (Å²) in [6, 6.07) is 11.6. The summed E-state index contributed by atoms with van der Waals surface area (Å²) in [4.78, 5) is 17.0. The molecule has 0 atom stereocenters. The number of hydrogen-bond acceptors (Lipinski definition) is 7. The first-order valence-electron chi connectivity index (χ1n) is 7.90. The molecule has 2 aromatic heterocycles. The second kappa shape index (κ2) is 8.29. The molecule has 0 saturated heterocycles. The van der Waals surface area contributed by atoms with E-state index in [-0.39, 0.29) is 5.91 Å². The second-order valence-electron chi connectivity index (χ2n) is 5.38. The number of nitrogens with zero attached hydrogens (tertiary/aromatic N) is 3. The number of aryl methyl sites for hydroxylation is 1. The highest BCUT2D eigenvalue weighted by Crippen LogP contribution is 2.34. The lowest BCUT2D eigenvalue weighted by atomic mass is 10.2. The van der Waals surface area contributed by atoms with E-state index in [1.807, 2.05) is 43.3 Å². The largest absolute Gasteiger partial charge is 0.497 e. The molecule has 3 aromatic rings. The third-order valence-corrected chi connectivity index (χ3v) is 5.79. The van der Waals surface area contributed by atoms with Crippen molar-refractivity contribution in [2.75, 3.05) is 19.9 Å². The Morgan fingerprint density at radius 3 is 2.58 bits per heavy atom. The summed E-state index contributed by atoms with van der Waals surface area (Å²) < 4.78 is 5.19. The molecule has 6 nitrogen and oxygen atoms in total. The number of nitrogens with one attached hydrogen (secondary N) is 1. The standard InChI is InChI=1S/C18H18N4O2S2/c1-11-17(14-8-9-16(22-21-14)25-10-15(23)19-2)26-18(20-11)12-4-6-13(24-3)7-5-12/h4-9H,10H2,1-3H3,(H,19,23). The van der Waals surface area contributed by atoms with Gasteiger partial charge in [0.15, 0.2) is 0 Å². The van der Waals surface area contributed by atoms with E-state index in [1.54, 1.807) is 25.5 Å². The van der Waals surface area contributed by atoms with Crippen LogP contribution in [0.5, 0.6) is 5.75 Å². The van der Waals surface area contributed by atoms with Gasteiger partial charge in [0.05, 0.1) is 23.4 Å². The van der Waals surface area contributed by atoms with Crippen LogP contribution in [0.1, 0.15) is 5.69 Å². The molecule has 0 unspecified atom stereocenters. The Morgan fingerprint density at radius 1 is 1.19 bits per heavy atom. The Balaban J connectivity index is 1.79. The summed E-state index contributed by atoms with van der Waals surface area (Å²) in [7, 11) is 3.26. The Kier molecular flexibility index (Phi) is 5.85. The Labute approximate surface area is 160 Å². The van der Waals surface area contributed by atoms with Crippen molar-refractivity contribution in [3.8, 4) is 26.9 Å². The number of rotatable bonds is 6. The number of hydrogen-bond donors (Lipinski definition) is 1. The zero-order valence-electron chi connectivity index (χ0n) is 14.6. The second-order valence-corrected chi connectivity index (χ2v) is 7.38. The van der Waals surface area contributed by atoms with Crippen LogP contribution in [-0.2, 0) is 4.79 Å². The van der Waals surface area contributed by atoms with Gasteiger partial charge in [-0.3, -0.25) is 4.79 Å². The van der Waals surface area contributed by atoms with E-state index < -0.39 is 0 Å². The van der Waals surface area contributed by atoms with Crippen molar-refractivity contribution in [2.45, 2.75) is 11.9 Å². The molecule has 0 aliphatic rings.